The summed E-state index contributed by atoms with van der Waals surface area (Å²) in [6.07, 6.45) is 3.60. The van der Waals surface area contributed by atoms with Crippen LogP contribution in [-0.4, -0.2) is 39.9 Å². The van der Waals surface area contributed by atoms with Crippen molar-refractivity contribution in [2.75, 3.05) is 13.2 Å². The smallest absolute Gasteiger partial charge is 0.311 e. The molecule has 0 radical (unpaired) electrons. The van der Waals surface area contributed by atoms with Gasteiger partial charge in [0.1, 0.15) is 5.69 Å². The summed E-state index contributed by atoms with van der Waals surface area (Å²) in [5, 5.41) is 17.8. The third kappa shape index (κ3) is 4.32. The van der Waals surface area contributed by atoms with Gasteiger partial charge < -0.3 is 14.8 Å². The summed E-state index contributed by atoms with van der Waals surface area (Å²) >= 11 is 0. The molecule has 0 bridgehead atoms. The van der Waals surface area contributed by atoms with Gasteiger partial charge >= 0.3 is 5.69 Å². The molecule has 3 rings (SSSR count). The van der Waals surface area contributed by atoms with Gasteiger partial charge in [-0.25, -0.2) is 4.68 Å². The Morgan fingerprint density at radius 2 is 2.28 bits per heavy atom. The Kier molecular flexibility index (Phi) is 5.24. The van der Waals surface area contributed by atoms with E-state index >= 15 is 0 Å². The van der Waals surface area contributed by atoms with Crippen LogP contribution in [0.1, 0.15) is 23.3 Å². The number of nitro benzene ring substituents is 1. The first-order chi connectivity index (χ1) is 12.1. The maximum atomic E-state index is 12.1. The lowest BCUT2D eigenvalue weighted by molar-refractivity contribution is -0.386. The minimum absolute atomic E-state index is 0.0378. The summed E-state index contributed by atoms with van der Waals surface area (Å²) in [4.78, 5) is 22.5. The van der Waals surface area contributed by atoms with Crippen LogP contribution in [-0.2, 0) is 11.5 Å². The fourth-order valence-corrected chi connectivity index (χ4v) is 2.52. The number of hydrogen-bond donors (Lipinski definition) is 1. The van der Waals surface area contributed by atoms with Gasteiger partial charge in [-0.2, -0.15) is 5.10 Å². The van der Waals surface area contributed by atoms with Crippen LogP contribution >= 0.6 is 0 Å². The van der Waals surface area contributed by atoms with E-state index < -0.39 is 4.92 Å². The molecule has 1 saturated heterocycles. The van der Waals surface area contributed by atoms with Crippen molar-refractivity contribution in [1.29, 1.82) is 0 Å². The Hall–Kier alpha value is -2.94. The number of nitro groups is 1. The number of hydrogen-bond acceptors (Lipinski definition) is 6. The zero-order valence-corrected chi connectivity index (χ0v) is 13.5. The van der Waals surface area contributed by atoms with Gasteiger partial charge in [-0.3, -0.25) is 14.9 Å². The molecule has 9 heteroatoms. The Balaban J connectivity index is 1.54. The second-order valence-electron chi connectivity index (χ2n) is 5.58. The van der Waals surface area contributed by atoms with Gasteiger partial charge in [0.25, 0.3) is 5.91 Å². The molecule has 0 aliphatic carbocycles. The summed E-state index contributed by atoms with van der Waals surface area (Å²) in [5.41, 5.74) is 0.133. The number of carbonyl (C=O) groups is 1. The second kappa shape index (κ2) is 7.75. The highest BCUT2D eigenvalue weighted by atomic mass is 16.6. The zero-order valence-electron chi connectivity index (χ0n) is 13.5. The van der Waals surface area contributed by atoms with Gasteiger partial charge in [0.2, 0.25) is 0 Å². The molecule has 0 unspecified atom stereocenters. The Morgan fingerprint density at radius 3 is 3.04 bits per heavy atom. The number of nitrogens with one attached hydrogen (secondary N) is 1. The van der Waals surface area contributed by atoms with Gasteiger partial charge in [-0.05, 0) is 25.0 Å². The molecule has 1 N–H and O–H groups in total. The molecule has 1 atom stereocenters. The predicted octanol–water partition coefficient (Wildman–Crippen LogP) is 1.74. The van der Waals surface area contributed by atoms with Crippen LogP contribution in [0.2, 0.25) is 0 Å². The molecule has 0 saturated carbocycles. The van der Waals surface area contributed by atoms with E-state index in [2.05, 4.69) is 10.4 Å². The number of para-hydroxylation sites is 2. The van der Waals surface area contributed by atoms with Crippen LogP contribution in [0.3, 0.4) is 0 Å². The fraction of sp³-hybridized carbons (Fsp3) is 0.375. The molecular weight excluding hydrogens is 328 g/mol. The first-order valence-corrected chi connectivity index (χ1v) is 7.93. The number of rotatable bonds is 7. The Bertz CT molecular complexity index is 754. The van der Waals surface area contributed by atoms with Crippen LogP contribution in [0, 0.1) is 10.1 Å². The van der Waals surface area contributed by atoms with E-state index in [4.69, 9.17) is 9.47 Å². The molecule has 1 aliphatic heterocycles. The monoisotopic (exact) mass is 346 g/mol. The van der Waals surface area contributed by atoms with E-state index in [1.807, 2.05) is 0 Å². The summed E-state index contributed by atoms with van der Waals surface area (Å²) in [7, 11) is 0. The lowest BCUT2D eigenvalue weighted by atomic mass is 10.2. The lowest BCUT2D eigenvalue weighted by Gasteiger charge is -2.09. The average Bonchev–Trinajstić information content (AvgIpc) is 3.30. The van der Waals surface area contributed by atoms with Gasteiger partial charge in [0.05, 0.1) is 11.0 Å². The van der Waals surface area contributed by atoms with Crippen molar-refractivity contribution >= 4 is 11.6 Å². The minimum Gasteiger partial charge on any atom is -0.464 e. The third-order valence-corrected chi connectivity index (χ3v) is 3.80. The van der Waals surface area contributed by atoms with E-state index in [0.29, 0.717) is 6.54 Å². The van der Waals surface area contributed by atoms with Crippen LogP contribution in [0.15, 0.2) is 36.5 Å². The topological polar surface area (TPSA) is 109 Å². The number of amides is 1. The second-order valence-corrected chi connectivity index (χ2v) is 5.58. The molecule has 25 heavy (non-hydrogen) atoms. The maximum absolute atomic E-state index is 12.1. The Labute approximate surface area is 143 Å². The maximum Gasteiger partial charge on any atom is 0.311 e. The summed E-state index contributed by atoms with van der Waals surface area (Å²) in [6.45, 7) is 1.15. The molecule has 9 nitrogen and oxygen atoms in total. The molecular formula is C16H18N4O5. The molecule has 0 spiro atoms. The van der Waals surface area contributed by atoms with E-state index in [0.717, 1.165) is 19.4 Å². The highest BCUT2D eigenvalue weighted by molar-refractivity contribution is 5.92. The quantitative estimate of drug-likeness (QED) is 0.604. The fourth-order valence-electron chi connectivity index (χ4n) is 2.52. The molecule has 1 aromatic carbocycles. The molecule has 1 aromatic heterocycles. The average molecular weight is 346 g/mol. The van der Waals surface area contributed by atoms with Gasteiger partial charge in [-0.1, -0.05) is 12.1 Å². The normalized spacial score (nSPS) is 16.6. The summed E-state index contributed by atoms with van der Waals surface area (Å²) in [5.74, 6) is -0.146. The van der Waals surface area contributed by atoms with Gasteiger partial charge in [-0.15, -0.1) is 0 Å². The molecule has 1 aliphatic rings. The molecule has 132 valence electrons. The molecule has 1 amide bonds. The van der Waals surface area contributed by atoms with Crippen molar-refractivity contribution in [1.82, 2.24) is 15.1 Å². The number of benzene rings is 1. The molecule has 1 fully saturated rings. The predicted molar refractivity (Wildman–Crippen MR) is 87.3 cm³/mol. The largest absolute Gasteiger partial charge is 0.464 e. The van der Waals surface area contributed by atoms with Crippen molar-refractivity contribution in [2.24, 2.45) is 0 Å². The third-order valence-electron chi connectivity index (χ3n) is 3.80. The highest BCUT2D eigenvalue weighted by Crippen LogP contribution is 2.25. The van der Waals surface area contributed by atoms with Crippen molar-refractivity contribution in [3.63, 3.8) is 0 Å². The number of aromatic nitrogens is 2. The first kappa shape index (κ1) is 16.9. The minimum atomic E-state index is -0.512. The SMILES string of the molecule is O=C(NC[C@H]1CCCO1)c1ccn(COc2ccccc2[N+](=O)[O-])n1. The lowest BCUT2D eigenvalue weighted by Crippen LogP contribution is -2.32. The van der Waals surface area contributed by atoms with Crippen LogP contribution in [0.5, 0.6) is 5.75 Å². The number of carbonyl (C=O) groups excluding carboxylic acids is 1. The number of ether oxygens (including phenoxy) is 2. The van der Waals surface area contributed by atoms with Crippen LogP contribution in [0.4, 0.5) is 5.69 Å². The standard InChI is InChI=1S/C16H18N4O5/c21-16(17-10-12-4-3-9-24-12)13-7-8-19(18-13)11-25-15-6-2-1-5-14(15)20(22)23/h1-2,5-8,12H,3-4,9-11H2,(H,17,21)/t12-/m1/s1. The van der Waals surface area contributed by atoms with Gasteiger partial charge in [0.15, 0.2) is 12.5 Å². The summed E-state index contributed by atoms with van der Waals surface area (Å²) < 4.78 is 12.3. The summed E-state index contributed by atoms with van der Waals surface area (Å²) in [6, 6.07) is 7.65. The van der Waals surface area contributed by atoms with E-state index in [9.17, 15) is 14.9 Å². The Morgan fingerprint density at radius 1 is 1.44 bits per heavy atom. The first-order valence-electron chi connectivity index (χ1n) is 7.93. The zero-order chi connectivity index (χ0) is 17.6. The van der Waals surface area contributed by atoms with Crippen molar-refractivity contribution in [3.05, 3.63) is 52.3 Å². The van der Waals surface area contributed by atoms with Crippen molar-refractivity contribution in [2.45, 2.75) is 25.7 Å². The molecule has 2 heterocycles. The van der Waals surface area contributed by atoms with E-state index in [1.165, 1.54) is 16.8 Å². The van der Waals surface area contributed by atoms with E-state index in [-0.39, 0.29) is 35.9 Å². The van der Waals surface area contributed by atoms with Crippen LogP contribution < -0.4 is 10.1 Å². The molecule has 2 aromatic rings. The van der Waals surface area contributed by atoms with Gasteiger partial charge in [0, 0.05) is 25.4 Å². The highest BCUT2D eigenvalue weighted by Gasteiger charge is 2.18. The number of nitrogens with zero attached hydrogens (tertiary/aromatic N) is 3. The van der Waals surface area contributed by atoms with Crippen molar-refractivity contribution < 1.29 is 19.2 Å². The van der Waals surface area contributed by atoms with E-state index in [1.54, 1.807) is 24.4 Å². The van der Waals surface area contributed by atoms with Crippen LogP contribution in [0.25, 0.3) is 0 Å². The van der Waals surface area contributed by atoms with Crippen molar-refractivity contribution in [3.8, 4) is 5.75 Å².